The van der Waals surface area contributed by atoms with Crippen LogP contribution >= 0.6 is 11.6 Å². The van der Waals surface area contributed by atoms with Crippen LogP contribution in [0.5, 0.6) is 5.75 Å². The van der Waals surface area contributed by atoms with Crippen molar-refractivity contribution >= 4 is 39.0 Å². The molecule has 2 bridgehead atoms. The van der Waals surface area contributed by atoms with Crippen molar-refractivity contribution in [2.24, 2.45) is 16.2 Å². The van der Waals surface area contributed by atoms with Gasteiger partial charge in [0.25, 0.3) is 5.91 Å². The molecule has 4 aliphatic rings. The fourth-order valence-electron chi connectivity index (χ4n) is 7.99. The van der Waals surface area contributed by atoms with Crippen LogP contribution in [0.2, 0.25) is 5.02 Å². The highest BCUT2D eigenvalue weighted by Crippen LogP contribution is 2.47. The molecule has 2 amide bonds. The molecule has 0 radical (unpaired) electrons. The van der Waals surface area contributed by atoms with Crippen LogP contribution in [-0.2, 0) is 37.8 Å². The second-order valence-corrected chi connectivity index (χ2v) is 16.4. The average molecular weight is 706 g/mol. The van der Waals surface area contributed by atoms with Gasteiger partial charge in [0.15, 0.2) is 0 Å². The summed E-state index contributed by atoms with van der Waals surface area (Å²) in [5, 5.41) is 4.87. The van der Waals surface area contributed by atoms with Crippen molar-refractivity contribution in [3.63, 3.8) is 0 Å². The molecule has 1 spiro atoms. The molecule has 3 heterocycles. The third-order valence-corrected chi connectivity index (χ3v) is 12.7. The van der Waals surface area contributed by atoms with Gasteiger partial charge < -0.3 is 14.4 Å². The van der Waals surface area contributed by atoms with Crippen molar-refractivity contribution in [1.29, 1.82) is 0 Å². The van der Waals surface area contributed by atoms with Crippen LogP contribution in [0.3, 0.4) is 0 Å². The SMILES string of the molecule is CO[C@H]1/C=C/CCC[S@@](=O)(NC(=O)CCn2cccn2)=NC(=O)c2ccc3c(c2)N(C[C@@H]2CC[C@H]21)C[C@@]1(CCCc2cc(Cl)ccc21)CO3. The predicted octanol–water partition coefficient (Wildman–Crippen LogP) is 6.13. The second-order valence-electron chi connectivity index (χ2n) is 13.8. The first-order chi connectivity index (χ1) is 23.7. The van der Waals surface area contributed by atoms with Crippen molar-refractivity contribution in [3.8, 4) is 5.75 Å². The van der Waals surface area contributed by atoms with E-state index in [1.165, 1.54) is 11.1 Å². The standard InChI is InChI=1S/C37H44ClN5O5S/c1-47-33-8-3-2-4-20-49(46,40-35(44)15-19-43-18-6-17-39-43)41-36(45)27-10-14-34-32(22-27)42(23-28-9-12-30(28)33)24-37(25-48-34)16-5-7-26-21-29(38)11-13-31(26)37/h3,6,8,10-11,13-14,17-18,21-22,28,30,33H,2,4-5,7,9,12,15-16,19-20,23-25H2,1H3,(H,40,41,44,45,46)/b8-3+/t28-,30+,33-,37-,49+/m0/s1. The number of nitrogens with zero attached hydrogens (tertiary/aromatic N) is 4. The fraction of sp³-hybridized carbons (Fsp3) is 0.486. The van der Waals surface area contributed by atoms with Crippen LogP contribution in [0.1, 0.15) is 66.4 Å². The number of carbonyl (C=O) groups is 2. The van der Waals surface area contributed by atoms with E-state index in [0.717, 1.165) is 55.9 Å². The van der Waals surface area contributed by atoms with Gasteiger partial charge >= 0.3 is 0 Å². The van der Waals surface area contributed by atoms with Gasteiger partial charge in [-0.1, -0.05) is 29.8 Å². The molecule has 1 saturated carbocycles. The Morgan fingerprint density at radius 1 is 1.20 bits per heavy atom. The highest BCUT2D eigenvalue weighted by Gasteiger charge is 2.44. The van der Waals surface area contributed by atoms with Crippen LogP contribution in [0.15, 0.2) is 71.4 Å². The summed E-state index contributed by atoms with van der Waals surface area (Å²) in [6.07, 6.45) is 13.9. The van der Waals surface area contributed by atoms with Gasteiger partial charge in [0.2, 0.25) is 5.91 Å². The van der Waals surface area contributed by atoms with Crippen LogP contribution < -0.4 is 14.4 Å². The van der Waals surface area contributed by atoms with E-state index in [2.05, 4.69) is 43.4 Å². The highest BCUT2D eigenvalue weighted by molar-refractivity contribution is 7.92. The monoisotopic (exact) mass is 705 g/mol. The number of nitrogens with one attached hydrogen (secondary N) is 1. The molecule has 2 aliphatic carbocycles. The number of ether oxygens (including phenoxy) is 2. The van der Waals surface area contributed by atoms with Crippen LogP contribution in [0, 0.1) is 11.8 Å². The first-order valence-electron chi connectivity index (χ1n) is 17.3. The number of rotatable bonds is 5. The lowest BCUT2D eigenvalue weighted by atomic mass is 9.68. The number of hydrogen-bond donors (Lipinski definition) is 1. The average Bonchev–Trinajstić information content (AvgIpc) is 3.55. The smallest absolute Gasteiger partial charge is 0.286 e. The van der Waals surface area contributed by atoms with E-state index >= 15 is 0 Å². The van der Waals surface area contributed by atoms with E-state index in [0.29, 0.717) is 49.1 Å². The van der Waals surface area contributed by atoms with E-state index in [1.54, 1.807) is 36.3 Å². The quantitative estimate of drug-likeness (QED) is 0.318. The Bertz CT molecular complexity index is 1850. The van der Waals surface area contributed by atoms with E-state index in [4.69, 9.17) is 21.1 Å². The molecule has 49 heavy (non-hydrogen) atoms. The topological polar surface area (TPSA) is 115 Å². The lowest BCUT2D eigenvalue weighted by Crippen LogP contribution is -2.49. The van der Waals surface area contributed by atoms with E-state index in [9.17, 15) is 13.8 Å². The van der Waals surface area contributed by atoms with Crippen LogP contribution in [0.4, 0.5) is 5.69 Å². The van der Waals surface area contributed by atoms with Crippen molar-refractivity contribution in [1.82, 2.24) is 14.5 Å². The molecular formula is C37H44ClN5O5S. The number of methoxy groups -OCH3 is 1. The number of allylic oxidation sites excluding steroid dienone is 1. The van der Waals surface area contributed by atoms with Gasteiger partial charge in [-0.25, -0.2) is 4.21 Å². The molecule has 2 aromatic carbocycles. The minimum Gasteiger partial charge on any atom is -0.490 e. The Morgan fingerprint density at radius 2 is 2.10 bits per heavy atom. The molecular weight excluding hydrogens is 662 g/mol. The molecule has 7 rings (SSSR count). The molecule has 3 aromatic rings. The Hall–Kier alpha value is -3.67. The van der Waals surface area contributed by atoms with Gasteiger partial charge in [-0.2, -0.15) is 5.10 Å². The normalized spacial score (nSPS) is 29.0. The zero-order chi connectivity index (χ0) is 34.0. The Kier molecular flexibility index (Phi) is 9.86. The molecule has 10 nitrogen and oxygen atoms in total. The number of benzene rings is 2. The molecule has 1 N–H and O–H groups in total. The predicted molar refractivity (Wildman–Crippen MR) is 190 cm³/mol. The number of carbonyl (C=O) groups excluding carboxylic acids is 2. The molecule has 1 fully saturated rings. The number of anilines is 1. The molecule has 2 aliphatic heterocycles. The molecule has 12 heteroatoms. The Balaban J connectivity index is 1.25. The number of amides is 2. The zero-order valence-electron chi connectivity index (χ0n) is 27.9. The number of hydrogen-bond acceptors (Lipinski definition) is 7. The van der Waals surface area contributed by atoms with E-state index in [1.807, 2.05) is 18.2 Å². The fourth-order valence-corrected chi connectivity index (χ4v) is 9.81. The minimum atomic E-state index is -3.41. The van der Waals surface area contributed by atoms with E-state index in [-0.39, 0.29) is 23.7 Å². The first-order valence-corrected chi connectivity index (χ1v) is 19.4. The third-order valence-electron chi connectivity index (χ3n) is 10.7. The summed E-state index contributed by atoms with van der Waals surface area (Å²) in [7, 11) is -1.65. The van der Waals surface area contributed by atoms with Gasteiger partial charge in [-0.3, -0.25) is 19.0 Å². The number of aryl methyl sites for hydroxylation is 2. The summed E-state index contributed by atoms with van der Waals surface area (Å²) in [6.45, 7) is 2.35. The number of aromatic nitrogens is 2. The second kappa shape index (κ2) is 14.3. The minimum absolute atomic E-state index is 0.0372. The third kappa shape index (κ3) is 7.30. The van der Waals surface area contributed by atoms with E-state index < -0.39 is 21.7 Å². The molecule has 5 atom stereocenters. The molecule has 260 valence electrons. The summed E-state index contributed by atoms with van der Waals surface area (Å²) < 4.78 is 35.3. The summed E-state index contributed by atoms with van der Waals surface area (Å²) in [5.74, 6) is 0.444. The van der Waals surface area contributed by atoms with Crippen molar-refractivity contribution in [3.05, 3.63) is 88.7 Å². The highest BCUT2D eigenvalue weighted by atomic mass is 35.5. The maximum absolute atomic E-state index is 14.2. The first kappa shape index (κ1) is 33.8. The van der Waals surface area contributed by atoms with Crippen molar-refractivity contribution < 1.29 is 23.3 Å². The maximum atomic E-state index is 14.2. The van der Waals surface area contributed by atoms with Crippen molar-refractivity contribution in [2.45, 2.75) is 69.4 Å². The number of fused-ring (bicyclic) bond motifs is 4. The van der Waals surface area contributed by atoms with Crippen LogP contribution in [-0.4, -0.2) is 64.5 Å². The van der Waals surface area contributed by atoms with Gasteiger partial charge in [-0.15, -0.1) is 4.36 Å². The zero-order valence-corrected chi connectivity index (χ0v) is 29.5. The largest absolute Gasteiger partial charge is 0.490 e. The lowest BCUT2D eigenvalue weighted by molar-refractivity contribution is -0.119. The Morgan fingerprint density at radius 3 is 2.90 bits per heavy atom. The van der Waals surface area contributed by atoms with Crippen LogP contribution in [0.25, 0.3) is 0 Å². The van der Waals surface area contributed by atoms with Gasteiger partial charge in [0, 0.05) is 61.6 Å². The van der Waals surface area contributed by atoms with Crippen molar-refractivity contribution in [2.75, 3.05) is 37.5 Å². The molecule has 1 aromatic heterocycles. The summed E-state index contributed by atoms with van der Waals surface area (Å²) in [5.41, 5.74) is 3.44. The van der Waals surface area contributed by atoms with Gasteiger partial charge in [-0.05, 0) is 104 Å². The maximum Gasteiger partial charge on any atom is 0.286 e. The Labute approximate surface area is 293 Å². The van der Waals surface area contributed by atoms with Gasteiger partial charge in [0.05, 0.1) is 24.2 Å². The summed E-state index contributed by atoms with van der Waals surface area (Å²) in [4.78, 5) is 29.2. The summed E-state index contributed by atoms with van der Waals surface area (Å²) >= 11 is 6.44. The lowest BCUT2D eigenvalue weighted by Gasteiger charge is -2.46. The van der Waals surface area contributed by atoms with Gasteiger partial charge in [0.1, 0.15) is 15.7 Å². The summed E-state index contributed by atoms with van der Waals surface area (Å²) in [6, 6.07) is 13.4. The molecule has 0 saturated heterocycles. The number of halogens is 1. The molecule has 0 unspecified atom stereocenters.